The van der Waals surface area contributed by atoms with Gasteiger partial charge in [-0.2, -0.15) is 0 Å². The number of aryl methyl sites for hydroxylation is 3. The molecule has 0 bridgehead atoms. The zero-order valence-corrected chi connectivity index (χ0v) is 36.1. The van der Waals surface area contributed by atoms with Gasteiger partial charge in [-0.25, -0.2) is 0 Å². The van der Waals surface area contributed by atoms with Crippen LogP contribution in [0.1, 0.15) is 140 Å². The number of rotatable bonds is 13. The average Bonchev–Trinajstić information content (AvgIpc) is 3.70. The van der Waals surface area contributed by atoms with E-state index in [1.54, 1.807) is 25.3 Å². The van der Waals surface area contributed by atoms with Crippen LogP contribution in [0, 0.1) is 19.8 Å². The summed E-state index contributed by atoms with van der Waals surface area (Å²) in [6, 6.07) is 17.5. The van der Waals surface area contributed by atoms with E-state index in [-0.39, 0.29) is 5.91 Å². The van der Waals surface area contributed by atoms with Crippen LogP contribution in [0.25, 0.3) is 0 Å². The monoisotopic (exact) mass is 732 g/mol. The van der Waals surface area contributed by atoms with Crippen LogP contribution in [0.2, 0.25) is 0 Å². The number of allylic oxidation sites excluding steroid dienone is 2. The lowest BCUT2D eigenvalue weighted by atomic mass is 10.0. The smallest absolute Gasteiger partial charge is 0.254 e. The second kappa shape index (κ2) is 29.7. The minimum absolute atomic E-state index is 0.0507. The Hall–Kier alpha value is -3.77. The number of anilines is 1. The molecule has 6 nitrogen and oxygen atoms in total. The molecular formula is C47H77N3O3. The van der Waals surface area contributed by atoms with Gasteiger partial charge in [0.25, 0.3) is 5.91 Å². The van der Waals surface area contributed by atoms with Crippen LogP contribution >= 0.6 is 0 Å². The fraction of sp³-hybridized carbons (Fsp3) is 0.553. The first kappa shape index (κ1) is 49.2. The third kappa shape index (κ3) is 18.7. The zero-order valence-electron chi connectivity index (χ0n) is 36.1. The first-order chi connectivity index (χ1) is 25.5. The quantitative estimate of drug-likeness (QED) is 0.140. The van der Waals surface area contributed by atoms with Gasteiger partial charge in [-0.3, -0.25) is 4.79 Å². The van der Waals surface area contributed by atoms with Gasteiger partial charge >= 0.3 is 0 Å². The molecule has 0 atom stereocenters. The highest BCUT2D eigenvalue weighted by Crippen LogP contribution is 2.30. The van der Waals surface area contributed by atoms with Gasteiger partial charge in [0, 0.05) is 30.8 Å². The van der Waals surface area contributed by atoms with Crippen molar-refractivity contribution in [1.82, 2.24) is 9.80 Å². The van der Waals surface area contributed by atoms with Crippen LogP contribution in [0.15, 0.2) is 66.7 Å². The number of ether oxygens (including phenoxy) is 2. The summed E-state index contributed by atoms with van der Waals surface area (Å²) in [7, 11) is 1.68. The van der Waals surface area contributed by atoms with Crippen LogP contribution in [0.3, 0.4) is 0 Å². The van der Waals surface area contributed by atoms with Crippen LogP contribution < -0.4 is 15.2 Å². The number of likely N-dealkylation sites (tertiary alicyclic amines) is 1. The molecule has 0 aliphatic carbocycles. The van der Waals surface area contributed by atoms with Gasteiger partial charge in [-0.05, 0) is 125 Å². The summed E-state index contributed by atoms with van der Waals surface area (Å²) in [6.45, 7) is 29.4. The third-order valence-electron chi connectivity index (χ3n) is 8.77. The fourth-order valence-electron chi connectivity index (χ4n) is 5.56. The second-order valence-electron chi connectivity index (χ2n) is 13.4. The van der Waals surface area contributed by atoms with Crippen molar-refractivity contribution in [2.24, 2.45) is 5.92 Å². The Kier molecular flexibility index (Phi) is 27.5. The summed E-state index contributed by atoms with van der Waals surface area (Å²) < 4.78 is 11.7. The van der Waals surface area contributed by atoms with E-state index < -0.39 is 0 Å². The van der Waals surface area contributed by atoms with Gasteiger partial charge in [-0.15, -0.1) is 0 Å². The number of carbonyl (C=O) groups is 1. The van der Waals surface area contributed by atoms with Gasteiger partial charge in [0.2, 0.25) is 0 Å². The number of hydrogen-bond donors (Lipinski definition) is 1. The SMILES string of the molecule is C/C=C\C(CC)CC.CC.CCC.CCC.CCc1ccc(CN(CCN2CCCC2)C(=O)c2ccc(Oc3ccc(C)c(C)c3)c(N)c2)c(OC)c1. The third-order valence-corrected chi connectivity index (χ3v) is 8.77. The van der Waals surface area contributed by atoms with Crippen LogP contribution in [0.5, 0.6) is 17.2 Å². The maximum atomic E-state index is 13.8. The Morgan fingerprint density at radius 1 is 0.849 bits per heavy atom. The Morgan fingerprint density at radius 2 is 1.47 bits per heavy atom. The van der Waals surface area contributed by atoms with Crippen molar-refractivity contribution in [2.75, 3.05) is 39.0 Å². The maximum Gasteiger partial charge on any atom is 0.254 e. The standard InChI is InChI=1S/C31H39N3O3.C8H16.2C3H8.C2H6/c1-5-24-9-10-26(30(19-24)36-4)21-34(17-16-33-14-6-7-15-33)31(35)25-11-13-29(28(32)20-25)37-27-12-8-22(2)23(3)18-27;1-4-7-8(5-2)6-3;2*1-3-2;1-2/h8-13,18-20H,5-7,14-17,21,32H2,1-4H3;4,7-8H,5-6H2,1-3H3;2*3H2,1-2H3;1-2H3/b;7-4-;;;. The normalized spacial score (nSPS) is 12.0. The van der Waals surface area contributed by atoms with Gasteiger partial charge in [0.05, 0.1) is 12.8 Å². The molecule has 1 heterocycles. The Morgan fingerprint density at radius 3 is 1.96 bits per heavy atom. The average molecular weight is 732 g/mol. The Bertz CT molecular complexity index is 1420. The van der Waals surface area contributed by atoms with Gasteiger partial charge in [-0.1, -0.05) is 106 Å². The van der Waals surface area contributed by atoms with Crippen molar-refractivity contribution in [2.45, 2.75) is 135 Å². The predicted octanol–water partition coefficient (Wildman–Crippen LogP) is 12.8. The molecule has 1 fully saturated rings. The second-order valence-corrected chi connectivity index (χ2v) is 13.4. The summed E-state index contributed by atoms with van der Waals surface area (Å²) in [5.74, 6) is 2.85. The lowest BCUT2D eigenvalue weighted by molar-refractivity contribution is 0.0726. The van der Waals surface area contributed by atoms with Crippen LogP contribution in [0.4, 0.5) is 5.69 Å². The number of amides is 1. The lowest BCUT2D eigenvalue weighted by Crippen LogP contribution is -2.37. The minimum atomic E-state index is -0.0507. The Labute approximate surface area is 326 Å². The van der Waals surface area contributed by atoms with Gasteiger partial charge < -0.3 is 25.0 Å². The molecule has 1 amide bonds. The van der Waals surface area contributed by atoms with E-state index >= 15 is 0 Å². The van der Waals surface area contributed by atoms with Crippen molar-refractivity contribution in [3.63, 3.8) is 0 Å². The van der Waals surface area contributed by atoms with Crippen LogP contribution in [-0.4, -0.2) is 49.0 Å². The van der Waals surface area contributed by atoms with Crippen molar-refractivity contribution in [3.05, 3.63) is 94.6 Å². The molecule has 0 saturated carbocycles. The molecule has 2 N–H and O–H groups in total. The molecule has 0 aromatic heterocycles. The summed E-state index contributed by atoms with van der Waals surface area (Å²) in [5.41, 5.74) is 11.9. The Balaban J connectivity index is 0.00000143. The molecule has 53 heavy (non-hydrogen) atoms. The number of hydrogen-bond acceptors (Lipinski definition) is 5. The van der Waals surface area contributed by atoms with E-state index in [2.05, 4.69) is 104 Å². The molecule has 0 unspecified atom stereocenters. The van der Waals surface area contributed by atoms with Gasteiger partial charge in [0.15, 0.2) is 0 Å². The van der Waals surface area contributed by atoms with E-state index in [0.29, 0.717) is 30.1 Å². The number of nitrogens with two attached hydrogens (primary N) is 1. The summed E-state index contributed by atoms with van der Waals surface area (Å²) in [6.07, 6.45) is 12.8. The first-order valence-electron chi connectivity index (χ1n) is 20.5. The predicted molar refractivity (Wildman–Crippen MR) is 232 cm³/mol. The largest absolute Gasteiger partial charge is 0.496 e. The van der Waals surface area contributed by atoms with Crippen molar-refractivity contribution >= 4 is 11.6 Å². The number of methoxy groups -OCH3 is 1. The molecule has 0 spiro atoms. The molecule has 3 aromatic carbocycles. The van der Waals surface area contributed by atoms with Crippen molar-refractivity contribution < 1.29 is 14.3 Å². The topological polar surface area (TPSA) is 68.0 Å². The summed E-state index contributed by atoms with van der Waals surface area (Å²) >= 11 is 0. The zero-order chi connectivity index (χ0) is 40.2. The maximum absolute atomic E-state index is 13.8. The van der Waals surface area contributed by atoms with Gasteiger partial charge in [0.1, 0.15) is 17.2 Å². The molecule has 4 rings (SSSR count). The molecule has 1 aliphatic rings. The van der Waals surface area contributed by atoms with E-state index in [4.69, 9.17) is 15.2 Å². The summed E-state index contributed by atoms with van der Waals surface area (Å²) in [5, 5.41) is 0. The van der Waals surface area contributed by atoms with E-state index in [1.165, 1.54) is 49.7 Å². The van der Waals surface area contributed by atoms with Crippen molar-refractivity contribution in [3.8, 4) is 17.2 Å². The highest BCUT2D eigenvalue weighted by molar-refractivity contribution is 5.95. The molecule has 1 aliphatic heterocycles. The van der Waals surface area contributed by atoms with E-state index in [1.807, 2.05) is 36.9 Å². The molecular weight excluding hydrogens is 655 g/mol. The molecule has 3 aromatic rings. The van der Waals surface area contributed by atoms with E-state index in [9.17, 15) is 4.79 Å². The highest BCUT2D eigenvalue weighted by atomic mass is 16.5. The number of nitrogen functional groups attached to an aromatic ring is 1. The first-order valence-corrected chi connectivity index (χ1v) is 20.5. The highest BCUT2D eigenvalue weighted by Gasteiger charge is 2.21. The molecule has 298 valence electrons. The fourth-order valence-corrected chi connectivity index (χ4v) is 5.56. The number of carbonyl (C=O) groups excluding carboxylic acids is 1. The lowest BCUT2D eigenvalue weighted by Gasteiger charge is -2.27. The van der Waals surface area contributed by atoms with Crippen molar-refractivity contribution in [1.29, 1.82) is 0 Å². The van der Waals surface area contributed by atoms with Crippen LogP contribution in [-0.2, 0) is 13.0 Å². The number of nitrogens with zero attached hydrogens (tertiary/aromatic N) is 2. The minimum Gasteiger partial charge on any atom is -0.496 e. The molecule has 6 heteroatoms. The summed E-state index contributed by atoms with van der Waals surface area (Å²) in [4.78, 5) is 18.1. The molecule has 1 saturated heterocycles. The number of benzene rings is 3. The molecule has 0 radical (unpaired) electrons. The van der Waals surface area contributed by atoms with E-state index in [0.717, 1.165) is 54.6 Å².